The van der Waals surface area contributed by atoms with Crippen molar-refractivity contribution in [2.24, 2.45) is 0 Å². The standard InChI is InChI=1S/C16H13FN2O/c17-14-9-12(6-5-11(14)10-18)19-15-7-8-20-16-4-2-1-3-13(15)16/h1-6,9,15,19H,7-8H2. The van der Waals surface area contributed by atoms with Gasteiger partial charge >= 0.3 is 0 Å². The van der Waals surface area contributed by atoms with Crippen molar-refractivity contribution in [3.63, 3.8) is 0 Å². The minimum atomic E-state index is -0.502. The summed E-state index contributed by atoms with van der Waals surface area (Å²) < 4.78 is 19.2. The second-order valence-corrected chi connectivity index (χ2v) is 4.68. The van der Waals surface area contributed by atoms with Gasteiger partial charge in [-0.3, -0.25) is 0 Å². The van der Waals surface area contributed by atoms with Crippen LogP contribution in [-0.4, -0.2) is 6.61 Å². The first-order valence-corrected chi connectivity index (χ1v) is 6.46. The zero-order chi connectivity index (χ0) is 13.9. The van der Waals surface area contributed by atoms with E-state index in [4.69, 9.17) is 10.00 Å². The fraction of sp³-hybridized carbons (Fsp3) is 0.188. The lowest BCUT2D eigenvalue weighted by Crippen LogP contribution is -2.20. The first-order chi connectivity index (χ1) is 9.78. The summed E-state index contributed by atoms with van der Waals surface area (Å²) in [4.78, 5) is 0. The number of rotatable bonds is 2. The normalized spacial score (nSPS) is 16.7. The summed E-state index contributed by atoms with van der Waals surface area (Å²) in [5, 5.41) is 12.0. The fourth-order valence-electron chi connectivity index (χ4n) is 2.39. The SMILES string of the molecule is N#Cc1ccc(NC2CCOc3ccccc32)cc1F. The predicted octanol–water partition coefficient (Wildman–Crippen LogP) is 3.63. The number of para-hydroxylation sites is 1. The number of nitrogens with zero attached hydrogens (tertiary/aromatic N) is 1. The largest absolute Gasteiger partial charge is 0.493 e. The van der Waals surface area contributed by atoms with Crippen LogP contribution in [0.25, 0.3) is 0 Å². The Bertz CT molecular complexity index is 678. The van der Waals surface area contributed by atoms with Gasteiger partial charge in [-0.1, -0.05) is 18.2 Å². The maximum atomic E-state index is 13.6. The van der Waals surface area contributed by atoms with Crippen LogP contribution >= 0.6 is 0 Å². The number of benzene rings is 2. The van der Waals surface area contributed by atoms with Crippen LogP contribution in [0.5, 0.6) is 5.75 Å². The van der Waals surface area contributed by atoms with E-state index in [0.717, 1.165) is 17.7 Å². The fourth-order valence-corrected chi connectivity index (χ4v) is 2.39. The van der Waals surface area contributed by atoms with Crippen molar-refractivity contribution >= 4 is 5.69 Å². The second kappa shape index (κ2) is 5.22. The summed E-state index contributed by atoms with van der Waals surface area (Å²) in [6, 6.07) is 14.3. The molecule has 0 aromatic heterocycles. The Morgan fingerprint density at radius 1 is 1.25 bits per heavy atom. The minimum Gasteiger partial charge on any atom is -0.493 e. The van der Waals surface area contributed by atoms with E-state index in [1.807, 2.05) is 30.3 Å². The molecule has 0 radical (unpaired) electrons. The summed E-state index contributed by atoms with van der Waals surface area (Å²) in [6.07, 6.45) is 0.818. The van der Waals surface area contributed by atoms with Gasteiger partial charge in [0.1, 0.15) is 17.6 Å². The van der Waals surface area contributed by atoms with E-state index in [1.165, 1.54) is 12.1 Å². The monoisotopic (exact) mass is 268 g/mol. The lowest BCUT2D eigenvalue weighted by molar-refractivity contribution is 0.274. The third-order valence-electron chi connectivity index (χ3n) is 3.39. The predicted molar refractivity (Wildman–Crippen MR) is 74.0 cm³/mol. The maximum Gasteiger partial charge on any atom is 0.143 e. The molecule has 2 aromatic rings. The topological polar surface area (TPSA) is 45.0 Å². The molecule has 3 nitrogen and oxygen atoms in total. The third kappa shape index (κ3) is 2.30. The Morgan fingerprint density at radius 2 is 2.10 bits per heavy atom. The Kier molecular flexibility index (Phi) is 3.26. The van der Waals surface area contributed by atoms with Crippen molar-refractivity contribution in [3.05, 3.63) is 59.4 Å². The van der Waals surface area contributed by atoms with E-state index in [0.29, 0.717) is 12.3 Å². The van der Waals surface area contributed by atoms with E-state index in [2.05, 4.69) is 5.32 Å². The Balaban J connectivity index is 1.86. The number of hydrogen-bond acceptors (Lipinski definition) is 3. The van der Waals surface area contributed by atoms with Gasteiger partial charge in [-0.15, -0.1) is 0 Å². The van der Waals surface area contributed by atoms with Gasteiger partial charge in [-0.2, -0.15) is 5.26 Å². The smallest absolute Gasteiger partial charge is 0.143 e. The van der Waals surface area contributed by atoms with Crippen molar-refractivity contribution in [2.45, 2.75) is 12.5 Å². The molecule has 1 aliphatic heterocycles. The van der Waals surface area contributed by atoms with Crippen LogP contribution < -0.4 is 10.1 Å². The molecular formula is C16H13FN2O. The van der Waals surface area contributed by atoms with E-state index in [9.17, 15) is 4.39 Å². The summed E-state index contributed by atoms with van der Waals surface area (Å²) in [6.45, 7) is 0.632. The van der Waals surface area contributed by atoms with E-state index < -0.39 is 5.82 Å². The van der Waals surface area contributed by atoms with E-state index in [-0.39, 0.29) is 11.6 Å². The Morgan fingerprint density at radius 3 is 2.90 bits per heavy atom. The van der Waals surface area contributed by atoms with Crippen LogP contribution in [0.3, 0.4) is 0 Å². The van der Waals surface area contributed by atoms with Crippen LogP contribution in [0.4, 0.5) is 10.1 Å². The number of nitrogens with one attached hydrogen (secondary N) is 1. The van der Waals surface area contributed by atoms with Crippen LogP contribution in [-0.2, 0) is 0 Å². The number of hydrogen-bond donors (Lipinski definition) is 1. The van der Waals surface area contributed by atoms with Crippen LogP contribution in [0.1, 0.15) is 23.6 Å². The van der Waals surface area contributed by atoms with Crippen molar-refractivity contribution in [3.8, 4) is 11.8 Å². The molecule has 1 heterocycles. The molecule has 1 atom stereocenters. The summed E-state index contributed by atoms with van der Waals surface area (Å²) >= 11 is 0. The number of fused-ring (bicyclic) bond motifs is 1. The highest BCUT2D eigenvalue weighted by Gasteiger charge is 2.20. The average Bonchev–Trinajstić information content (AvgIpc) is 2.48. The molecule has 1 unspecified atom stereocenters. The minimum absolute atomic E-state index is 0.0583. The van der Waals surface area contributed by atoms with Crippen LogP contribution in [0.15, 0.2) is 42.5 Å². The molecule has 3 rings (SSSR count). The lowest BCUT2D eigenvalue weighted by Gasteiger charge is -2.27. The molecule has 2 aromatic carbocycles. The summed E-state index contributed by atoms with van der Waals surface area (Å²) in [5.74, 6) is 0.364. The zero-order valence-electron chi connectivity index (χ0n) is 10.8. The van der Waals surface area contributed by atoms with E-state index in [1.54, 1.807) is 6.07 Å². The highest BCUT2D eigenvalue weighted by Crippen LogP contribution is 2.34. The van der Waals surface area contributed by atoms with Crippen molar-refractivity contribution < 1.29 is 9.13 Å². The lowest BCUT2D eigenvalue weighted by atomic mass is 10.00. The van der Waals surface area contributed by atoms with Gasteiger partial charge in [0.15, 0.2) is 0 Å². The first kappa shape index (κ1) is 12.5. The van der Waals surface area contributed by atoms with Gasteiger partial charge in [-0.25, -0.2) is 4.39 Å². The number of anilines is 1. The number of nitriles is 1. The van der Waals surface area contributed by atoms with Gasteiger partial charge in [0, 0.05) is 17.7 Å². The molecule has 20 heavy (non-hydrogen) atoms. The molecule has 0 fully saturated rings. The maximum absolute atomic E-state index is 13.6. The first-order valence-electron chi connectivity index (χ1n) is 6.46. The van der Waals surface area contributed by atoms with Gasteiger partial charge < -0.3 is 10.1 Å². The van der Waals surface area contributed by atoms with Gasteiger partial charge in [-0.05, 0) is 24.3 Å². The van der Waals surface area contributed by atoms with Crippen LogP contribution in [0.2, 0.25) is 0 Å². The zero-order valence-corrected chi connectivity index (χ0v) is 10.8. The number of halogens is 1. The van der Waals surface area contributed by atoms with Crippen molar-refractivity contribution in [1.29, 1.82) is 5.26 Å². The summed E-state index contributed by atoms with van der Waals surface area (Å²) in [5.41, 5.74) is 1.80. The average molecular weight is 268 g/mol. The third-order valence-corrected chi connectivity index (χ3v) is 3.39. The highest BCUT2D eigenvalue weighted by molar-refractivity contribution is 5.51. The molecule has 1 aliphatic rings. The molecule has 1 N–H and O–H groups in total. The van der Waals surface area contributed by atoms with E-state index >= 15 is 0 Å². The molecule has 0 saturated carbocycles. The quantitative estimate of drug-likeness (QED) is 0.904. The number of ether oxygens (including phenoxy) is 1. The van der Waals surface area contributed by atoms with Gasteiger partial charge in [0.25, 0.3) is 0 Å². The van der Waals surface area contributed by atoms with Gasteiger partial charge in [0.05, 0.1) is 18.2 Å². The van der Waals surface area contributed by atoms with Crippen LogP contribution in [0, 0.1) is 17.1 Å². The Hall–Kier alpha value is -2.54. The van der Waals surface area contributed by atoms with Gasteiger partial charge in [0.2, 0.25) is 0 Å². The summed E-state index contributed by atoms with van der Waals surface area (Å²) in [7, 11) is 0. The molecule has 4 heteroatoms. The molecule has 0 saturated heterocycles. The Labute approximate surface area is 116 Å². The van der Waals surface area contributed by atoms with Crippen molar-refractivity contribution in [1.82, 2.24) is 0 Å². The molecule has 0 bridgehead atoms. The second-order valence-electron chi connectivity index (χ2n) is 4.68. The molecule has 100 valence electrons. The molecule has 0 spiro atoms. The molecule has 0 amide bonds. The molecule has 0 aliphatic carbocycles. The molecular weight excluding hydrogens is 255 g/mol. The highest BCUT2D eigenvalue weighted by atomic mass is 19.1. The van der Waals surface area contributed by atoms with Crippen molar-refractivity contribution in [2.75, 3.05) is 11.9 Å².